The van der Waals surface area contributed by atoms with Crippen LogP contribution in [0.2, 0.25) is 0 Å². The lowest BCUT2D eigenvalue weighted by molar-refractivity contribution is -0.916. The van der Waals surface area contributed by atoms with Gasteiger partial charge in [0.1, 0.15) is 6.54 Å². The average molecular weight is 419 g/mol. The van der Waals surface area contributed by atoms with E-state index in [0.29, 0.717) is 0 Å². The fraction of sp³-hybridized carbons (Fsp3) is 0.435. The fourth-order valence-electron chi connectivity index (χ4n) is 4.28. The van der Waals surface area contributed by atoms with E-state index in [9.17, 15) is 4.79 Å². The lowest BCUT2D eigenvalue weighted by atomic mass is 10.0. The van der Waals surface area contributed by atoms with Crippen molar-refractivity contribution >= 4 is 11.6 Å². The highest BCUT2D eigenvalue weighted by molar-refractivity contribution is 5.95. The number of amides is 1. The predicted molar refractivity (Wildman–Crippen MR) is 111 cm³/mol. The fourth-order valence-corrected chi connectivity index (χ4v) is 4.28. The zero-order valence-electron chi connectivity index (χ0n) is 17.9. The molecule has 3 rings (SSSR count). The van der Waals surface area contributed by atoms with Crippen LogP contribution in [0.1, 0.15) is 35.1 Å². The molecule has 0 saturated carbocycles. The van der Waals surface area contributed by atoms with E-state index in [1.165, 1.54) is 10.5 Å². The first-order valence-corrected chi connectivity index (χ1v) is 9.87. The van der Waals surface area contributed by atoms with Gasteiger partial charge in [0.2, 0.25) is 0 Å². The Morgan fingerprint density at radius 3 is 2.34 bits per heavy atom. The number of nitrogens with one attached hydrogen (secondary N) is 2. The Bertz CT molecular complexity index is 846. The number of aryl methyl sites for hydroxylation is 3. The molecule has 2 unspecified atom stereocenters. The van der Waals surface area contributed by atoms with Crippen molar-refractivity contribution in [3.8, 4) is 11.5 Å². The molecule has 0 radical (unpaired) electrons. The monoisotopic (exact) mass is 418 g/mol. The molecule has 1 aliphatic rings. The summed E-state index contributed by atoms with van der Waals surface area (Å²) >= 11 is 0. The van der Waals surface area contributed by atoms with Gasteiger partial charge in [-0.3, -0.25) is 4.79 Å². The van der Waals surface area contributed by atoms with Gasteiger partial charge in [0.25, 0.3) is 5.91 Å². The van der Waals surface area contributed by atoms with E-state index in [1.807, 2.05) is 12.1 Å². The molecule has 0 spiro atoms. The molecule has 0 aromatic heterocycles. The number of hydrogen-bond acceptors (Lipinski definition) is 3. The van der Waals surface area contributed by atoms with Crippen LogP contribution in [0.15, 0.2) is 30.3 Å². The number of carbonyl (C=O) groups excluding carboxylic acids is 1. The molecule has 29 heavy (non-hydrogen) atoms. The van der Waals surface area contributed by atoms with Gasteiger partial charge in [-0.2, -0.15) is 0 Å². The minimum Gasteiger partial charge on any atom is -1.00 e. The molecule has 1 saturated heterocycles. The van der Waals surface area contributed by atoms with E-state index in [1.54, 1.807) is 14.2 Å². The van der Waals surface area contributed by atoms with Crippen molar-refractivity contribution in [2.24, 2.45) is 0 Å². The maximum Gasteiger partial charge on any atom is 0.282 e. The standard InChI is InChI=1S/C23H30N2O3.ClH/c1-15-11-16(2)22(17(3)12-15)24-23(26)19-7-6-10-25(19)14-18-8-9-20(27-4)21(13-18)28-5;/h8-9,11-13,19H,6-7,10,14H2,1-5H3,(H,24,26);1H. The highest BCUT2D eigenvalue weighted by atomic mass is 35.5. The molecule has 1 heterocycles. The molecule has 2 aromatic carbocycles. The topological polar surface area (TPSA) is 52.0 Å². The molecule has 5 nitrogen and oxygen atoms in total. The van der Waals surface area contributed by atoms with Crippen LogP contribution in [0, 0.1) is 20.8 Å². The average Bonchev–Trinajstić information content (AvgIpc) is 3.12. The third-order valence-corrected chi connectivity index (χ3v) is 5.60. The van der Waals surface area contributed by atoms with Crippen molar-refractivity contribution in [2.45, 2.75) is 46.2 Å². The third kappa shape index (κ3) is 5.22. The molecule has 2 N–H and O–H groups in total. The van der Waals surface area contributed by atoms with E-state index in [4.69, 9.17) is 9.47 Å². The highest BCUT2D eigenvalue weighted by Crippen LogP contribution is 2.27. The van der Waals surface area contributed by atoms with Gasteiger partial charge >= 0.3 is 0 Å². The number of methoxy groups -OCH3 is 2. The lowest BCUT2D eigenvalue weighted by Crippen LogP contribution is -3.13. The molecule has 0 aliphatic carbocycles. The van der Waals surface area contributed by atoms with Crippen molar-refractivity contribution < 1.29 is 31.6 Å². The number of halogens is 1. The summed E-state index contributed by atoms with van der Waals surface area (Å²) < 4.78 is 10.7. The summed E-state index contributed by atoms with van der Waals surface area (Å²) in [6.07, 6.45) is 1.98. The first-order chi connectivity index (χ1) is 13.4. The number of anilines is 1. The van der Waals surface area contributed by atoms with Crippen LogP contribution in [0.3, 0.4) is 0 Å². The van der Waals surface area contributed by atoms with Gasteiger partial charge in [-0.1, -0.05) is 17.7 Å². The predicted octanol–water partition coefficient (Wildman–Crippen LogP) is -0.181. The Balaban J connectivity index is 0.00000300. The molecule has 2 aromatic rings. The first-order valence-electron chi connectivity index (χ1n) is 9.87. The van der Waals surface area contributed by atoms with E-state index < -0.39 is 0 Å². The number of carbonyl (C=O) groups is 1. The van der Waals surface area contributed by atoms with E-state index in [2.05, 4.69) is 44.3 Å². The van der Waals surface area contributed by atoms with Crippen molar-refractivity contribution in [2.75, 3.05) is 26.1 Å². The van der Waals surface area contributed by atoms with Gasteiger partial charge in [0.05, 0.1) is 20.8 Å². The second-order valence-electron chi connectivity index (χ2n) is 7.73. The smallest absolute Gasteiger partial charge is 0.282 e. The quantitative estimate of drug-likeness (QED) is 0.684. The first kappa shape index (κ1) is 23.0. The van der Waals surface area contributed by atoms with Crippen molar-refractivity contribution in [3.05, 3.63) is 52.6 Å². The van der Waals surface area contributed by atoms with Crippen LogP contribution < -0.4 is 32.1 Å². The van der Waals surface area contributed by atoms with Crippen LogP contribution >= 0.6 is 0 Å². The number of quaternary nitrogens is 1. The Hall–Kier alpha value is -2.24. The molecule has 2 atom stereocenters. The maximum atomic E-state index is 13.1. The number of likely N-dealkylation sites (tertiary alicyclic amines) is 1. The van der Waals surface area contributed by atoms with E-state index in [0.717, 1.165) is 59.8 Å². The van der Waals surface area contributed by atoms with Gasteiger partial charge in [-0.15, -0.1) is 0 Å². The molecule has 1 amide bonds. The Labute approximate surface area is 179 Å². The van der Waals surface area contributed by atoms with Crippen LogP contribution in [0.25, 0.3) is 0 Å². The minimum atomic E-state index is -0.0341. The van der Waals surface area contributed by atoms with Gasteiger partial charge in [-0.05, 0) is 50.1 Å². The van der Waals surface area contributed by atoms with E-state index in [-0.39, 0.29) is 24.4 Å². The Kier molecular flexibility index (Phi) is 7.94. The molecule has 1 fully saturated rings. The summed E-state index contributed by atoms with van der Waals surface area (Å²) in [7, 11) is 3.28. The van der Waals surface area contributed by atoms with Gasteiger partial charge < -0.3 is 32.1 Å². The number of rotatable bonds is 6. The second kappa shape index (κ2) is 9.99. The summed E-state index contributed by atoms with van der Waals surface area (Å²) in [5, 5.41) is 3.20. The summed E-state index contributed by atoms with van der Waals surface area (Å²) in [4.78, 5) is 14.3. The lowest BCUT2D eigenvalue weighted by Gasteiger charge is -2.22. The second-order valence-corrected chi connectivity index (χ2v) is 7.73. The Morgan fingerprint density at radius 1 is 1.07 bits per heavy atom. The summed E-state index contributed by atoms with van der Waals surface area (Å²) in [6, 6.07) is 10.2. The Morgan fingerprint density at radius 2 is 1.72 bits per heavy atom. The SMILES string of the molecule is COc1ccc(C[NH+]2CCCC2C(=O)Nc2c(C)cc(C)cc2C)cc1OC.[Cl-]. The zero-order chi connectivity index (χ0) is 20.3. The van der Waals surface area contributed by atoms with Crippen molar-refractivity contribution in [3.63, 3.8) is 0 Å². The highest BCUT2D eigenvalue weighted by Gasteiger charge is 2.35. The summed E-state index contributed by atoms with van der Waals surface area (Å²) in [6.45, 7) is 7.98. The largest absolute Gasteiger partial charge is 1.00 e. The zero-order valence-corrected chi connectivity index (χ0v) is 18.7. The van der Waals surface area contributed by atoms with Crippen LogP contribution in [0.4, 0.5) is 5.69 Å². The maximum absolute atomic E-state index is 13.1. The molecule has 6 heteroatoms. The number of benzene rings is 2. The van der Waals surface area contributed by atoms with Gasteiger partial charge in [0, 0.05) is 24.1 Å². The van der Waals surface area contributed by atoms with Crippen LogP contribution in [0.5, 0.6) is 11.5 Å². The molecular weight excluding hydrogens is 388 g/mol. The normalized spacial score (nSPS) is 18.1. The van der Waals surface area contributed by atoms with E-state index >= 15 is 0 Å². The number of hydrogen-bond donors (Lipinski definition) is 2. The molecular formula is C23H31ClN2O3. The van der Waals surface area contributed by atoms with Crippen LogP contribution in [-0.4, -0.2) is 32.7 Å². The van der Waals surface area contributed by atoms with Crippen molar-refractivity contribution in [1.29, 1.82) is 0 Å². The molecule has 0 bridgehead atoms. The van der Waals surface area contributed by atoms with Crippen molar-refractivity contribution in [1.82, 2.24) is 0 Å². The summed E-state index contributed by atoms with van der Waals surface area (Å²) in [5.41, 5.74) is 5.55. The summed E-state index contributed by atoms with van der Waals surface area (Å²) in [5.74, 6) is 1.57. The van der Waals surface area contributed by atoms with Crippen LogP contribution in [-0.2, 0) is 11.3 Å². The molecule has 1 aliphatic heterocycles. The van der Waals surface area contributed by atoms with Gasteiger partial charge in [-0.25, -0.2) is 0 Å². The number of ether oxygens (including phenoxy) is 2. The van der Waals surface area contributed by atoms with Gasteiger partial charge in [0.15, 0.2) is 17.5 Å². The minimum absolute atomic E-state index is 0. The third-order valence-electron chi connectivity index (χ3n) is 5.60. The molecule has 158 valence electrons.